The lowest BCUT2D eigenvalue weighted by Crippen LogP contribution is -2.38. The van der Waals surface area contributed by atoms with E-state index >= 15 is 0 Å². The van der Waals surface area contributed by atoms with E-state index in [4.69, 9.17) is 5.10 Å². The summed E-state index contributed by atoms with van der Waals surface area (Å²) in [5.74, 6) is 0.816. The van der Waals surface area contributed by atoms with Gasteiger partial charge in [-0.1, -0.05) is 43.3 Å². The maximum Gasteiger partial charge on any atom is 0.257 e. The van der Waals surface area contributed by atoms with Gasteiger partial charge in [0.1, 0.15) is 5.69 Å². The van der Waals surface area contributed by atoms with Crippen LogP contribution in [0.3, 0.4) is 0 Å². The minimum Gasteiger partial charge on any atom is -0.339 e. The molecule has 1 saturated heterocycles. The lowest BCUT2D eigenvalue weighted by molar-refractivity contribution is 0.0698. The Morgan fingerprint density at radius 3 is 2.62 bits per heavy atom. The molecule has 4 rings (SSSR count). The van der Waals surface area contributed by atoms with Gasteiger partial charge in [-0.05, 0) is 35.8 Å². The Kier molecular flexibility index (Phi) is 4.89. The van der Waals surface area contributed by atoms with Gasteiger partial charge in [0, 0.05) is 19.3 Å². The summed E-state index contributed by atoms with van der Waals surface area (Å²) in [5, 5.41) is 6.79. The van der Waals surface area contributed by atoms with E-state index < -0.39 is 0 Å². The molecule has 1 amide bonds. The Morgan fingerprint density at radius 1 is 1.15 bits per heavy atom. The van der Waals surface area contributed by atoms with Gasteiger partial charge in [-0.15, -0.1) is 11.3 Å². The van der Waals surface area contributed by atoms with Crippen LogP contribution in [0.15, 0.2) is 54.0 Å². The van der Waals surface area contributed by atoms with Crippen molar-refractivity contribution in [1.82, 2.24) is 14.7 Å². The van der Waals surface area contributed by atoms with Gasteiger partial charge in [-0.25, -0.2) is 0 Å². The van der Waals surface area contributed by atoms with E-state index in [9.17, 15) is 4.79 Å². The van der Waals surface area contributed by atoms with Crippen molar-refractivity contribution in [3.63, 3.8) is 0 Å². The Hall–Kier alpha value is -2.40. The first-order valence-corrected chi connectivity index (χ1v) is 10.0. The molecule has 1 aromatic carbocycles. The highest BCUT2D eigenvalue weighted by atomic mass is 32.1. The molecule has 3 heterocycles. The highest BCUT2D eigenvalue weighted by molar-refractivity contribution is 7.13. The highest BCUT2D eigenvalue weighted by Crippen LogP contribution is 2.29. The van der Waals surface area contributed by atoms with Crippen LogP contribution >= 0.6 is 11.3 Å². The Morgan fingerprint density at radius 2 is 1.92 bits per heavy atom. The SMILES string of the molecule is CC1CCN(C(=O)c2cn(Cc3ccccc3)nc2-c2cccs2)CC1. The number of amides is 1. The van der Waals surface area contributed by atoms with Gasteiger partial charge in [0.25, 0.3) is 5.91 Å². The van der Waals surface area contributed by atoms with Crippen molar-refractivity contribution in [2.45, 2.75) is 26.3 Å². The molecule has 2 aromatic heterocycles. The summed E-state index contributed by atoms with van der Waals surface area (Å²) in [7, 11) is 0. The summed E-state index contributed by atoms with van der Waals surface area (Å²) < 4.78 is 1.89. The molecule has 0 atom stereocenters. The number of hydrogen-bond acceptors (Lipinski definition) is 3. The van der Waals surface area contributed by atoms with E-state index in [-0.39, 0.29) is 5.91 Å². The van der Waals surface area contributed by atoms with Gasteiger partial charge in [-0.3, -0.25) is 9.48 Å². The summed E-state index contributed by atoms with van der Waals surface area (Å²) in [6, 6.07) is 14.3. The fraction of sp³-hybridized carbons (Fsp3) is 0.333. The quantitative estimate of drug-likeness (QED) is 0.681. The Balaban J connectivity index is 1.65. The molecule has 0 spiro atoms. The second kappa shape index (κ2) is 7.46. The minimum absolute atomic E-state index is 0.111. The van der Waals surface area contributed by atoms with Crippen molar-refractivity contribution in [2.75, 3.05) is 13.1 Å². The van der Waals surface area contributed by atoms with Gasteiger partial charge in [0.05, 0.1) is 17.0 Å². The molecule has 5 heteroatoms. The number of piperidine rings is 1. The maximum absolute atomic E-state index is 13.2. The lowest BCUT2D eigenvalue weighted by Gasteiger charge is -2.30. The Bertz CT molecular complexity index is 862. The van der Waals surface area contributed by atoms with Gasteiger partial charge >= 0.3 is 0 Å². The van der Waals surface area contributed by atoms with Crippen LogP contribution in [0.1, 0.15) is 35.7 Å². The number of rotatable bonds is 4. The van der Waals surface area contributed by atoms with Crippen molar-refractivity contribution in [3.05, 3.63) is 65.2 Å². The van der Waals surface area contributed by atoms with Crippen LogP contribution in [-0.2, 0) is 6.54 Å². The molecule has 1 aliphatic rings. The predicted molar refractivity (Wildman–Crippen MR) is 105 cm³/mol. The first-order valence-electron chi connectivity index (χ1n) is 9.15. The van der Waals surface area contributed by atoms with E-state index in [1.165, 1.54) is 5.56 Å². The number of aromatic nitrogens is 2. The first kappa shape index (κ1) is 17.0. The van der Waals surface area contributed by atoms with Crippen LogP contribution in [0.25, 0.3) is 10.6 Å². The molecule has 26 heavy (non-hydrogen) atoms. The van der Waals surface area contributed by atoms with Crippen molar-refractivity contribution in [2.24, 2.45) is 5.92 Å². The normalized spacial score (nSPS) is 15.3. The molecular weight excluding hydrogens is 342 g/mol. The topological polar surface area (TPSA) is 38.1 Å². The summed E-state index contributed by atoms with van der Waals surface area (Å²) in [6.07, 6.45) is 4.08. The molecule has 1 fully saturated rings. The second-order valence-corrected chi connectivity index (χ2v) is 7.97. The molecule has 0 N–H and O–H groups in total. The third-order valence-electron chi connectivity index (χ3n) is 5.00. The molecule has 1 aliphatic heterocycles. The van der Waals surface area contributed by atoms with Gasteiger partial charge < -0.3 is 4.90 Å². The maximum atomic E-state index is 13.2. The summed E-state index contributed by atoms with van der Waals surface area (Å²) in [5.41, 5.74) is 2.70. The van der Waals surface area contributed by atoms with Crippen molar-refractivity contribution in [3.8, 4) is 10.6 Å². The highest BCUT2D eigenvalue weighted by Gasteiger charge is 2.26. The van der Waals surface area contributed by atoms with Gasteiger partial charge in [0.15, 0.2) is 0 Å². The molecule has 134 valence electrons. The zero-order chi connectivity index (χ0) is 17.9. The third kappa shape index (κ3) is 3.58. The standard InChI is InChI=1S/C21H23N3OS/c1-16-9-11-23(12-10-16)21(25)18-15-24(14-17-6-3-2-4-7-17)22-20(18)19-8-5-13-26-19/h2-8,13,15-16H,9-12,14H2,1H3. The van der Waals surface area contributed by atoms with E-state index in [0.29, 0.717) is 12.5 Å². The summed E-state index contributed by atoms with van der Waals surface area (Å²) in [6.45, 7) is 4.61. The monoisotopic (exact) mass is 365 g/mol. The van der Waals surface area contributed by atoms with Crippen LogP contribution in [0.2, 0.25) is 0 Å². The molecule has 0 aliphatic carbocycles. The van der Waals surface area contributed by atoms with Crippen LogP contribution in [0.5, 0.6) is 0 Å². The van der Waals surface area contributed by atoms with E-state index in [1.54, 1.807) is 11.3 Å². The smallest absolute Gasteiger partial charge is 0.257 e. The largest absolute Gasteiger partial charge is 0.339 e. The number of carbonyl (C=O) groups excluding carboxylic acids is 1. The Labute approximate surface area is 158 Å². The number of thiophene rings is 1. The molecular formula is C21H23N3OS. The van der Waals surface area contributed by atoms with E-state index in [0.717, 1.165) is 42.1 Å². The molecule has 0 saturated carbocycles. The number of benzene rings is 1. The van der Waals surface area contributed by atoms with E-state index in [1.807, 2.05) is 51.5 Å². The lowest BCUT2D eigenvalue weighted by atomic mass is 9.98. The average molecular weight is 366 g/mol. The fourth-order valence-corrected chi connectivity index (χ4v) is 4.13. The zero-order valence-corrected chi connectivity index (χ0v) is 15.8. The number of hydrogen-bond donors (Lipinski definition) is 0. The van der Waals surface area contributed by atoms with Crippen molar-refractivity contribution in [1.29, 1.82) is 0 Å². The zero-order valence-electron chi connectivity index (χ0n) is 15.0. The van der Waals surface area contributed by atoms with Crippen LogP contribution in [0.4, 0.5) is 0 Å². The predicted octanol–water partition coefficient (Wildman–Crippen LogP) is 4.53. The van der Waals surface area contributed by atoms with Crippen molar-refractivity contribution < 1.29 is 4.79 Å². The minimum atomic E-state index is 0.111. The molecule has 3 aromatic rings. The number of nitrogens with zero attached hydrogens (tertiary/aromatic N) is 3. The fourth-order valence-electron chi connectivity index (χ4n) is 3.41. The summed E-state index contributed by atoms with van der Waals surface area (Å²) >= 11 is 1.63. The third-order valence-corrected chi connectivity index (χ3v) is 5.88. The molecule has 0 radical (unpaired) electrons. The van der Waals surface area contributed by atoms with Gasteiger partial charge in [-0.2, -0.15) is 5.10 Å². The average Bonchev–Trinajstić information content (AvgIpc) is 3.32. The van der Waals surface area contributed by atoms with Gasteiger partial charge in [0.2, 0.25) is 0 Å². The second-order valence-electron chi connectivity index (χ2n) is 7.03. The molecule has 0 bridgehead atoms. The summed E-state index contributed by atoms with van der Waals surface area (Å²) in [4.78, 5) is 16.2. The number of likely N-dealkylation sites (tertiary alicyclic amines) is 1. The van der Waals surface area contributed by atoms with E-state index in [2.05, 4.69) is 19.1 Å². The molecule has 0 unspecified atom stereocenters. The first-order chi connectivity index (χ1) is 12.7. The molecule has 4 nitrogen and oxygen atoms in total. The number of carbonyl (C=O) groups is 1. The van der Waals surface area contributed by atoms with Crippen LogP contribution < -0.4 is 0 Å². The van der Waals surface area contributed by atoms with Crippen molar-refractivity contribution >= 4 is 17.2 Å². The van der Waals surface area contributed by atoms with Crippen LogP contribution in [-0.4, -0.2) is 33.7 Å². The van der Waals surface area contributed by atoms with Crippen LogP contribution in [0, 0.1) is 5.92 Å².